The zero-order valence-electron chi connectivity index (χ0n) is 15.5. The van der Waals surface area contributed by atoms with E-state index in [1.807, 2.05) is 6.92 Å². The third-order valence-corrected chi connectivity index (χ3v) is 6.31. The van der Waals surface area contributed by atoms with Crippen LogP contribution in [-0.4, -0.2) is 26.0 Å². The summed E-state index contributed by atoms with van der Waals surface area (Å²) in [6.07, 6.45) is 8.58. The SMILES string of the molecule is C[C@H](Sc1nnc(CCC2CCCCC2)n1N)C(=O)Nc1ccc(Cl)cc1. The van der Waals surface area contributed by atoms with Crippen LogP contribution >= 0.6 is 23.4 Å². The van der Waals surface area contributed by atoms with Gasteiger partial charge in [0.05, 0.1) is 5.25 Å². The Labute approximate surface area is 169 Å². The summed E-state index contributed by atoms with van der Waals surface area (Å²) in [7, 11) is 0. The Hall–Kier alpha value is -1.73. The topological polar surface area (TPSA) is 85.8 Å². The maximum Gasteiger partial charge on any atom is 0.237 e. The van der Waals surface area contributed by atoms with Crippen molar-refractivity contribution in [2.24, 2.45) is 5.92 Å². The van der Waals surface area contributed by atoms with E-state index in [4.69, 9.17) is 17.4 Å². The van der Waals surface area contributed by atoms with Crippen molar-refractivity contribution in [3.05, 3.63) is 35.1 Å². The van der Waals surface area contributed by atoms with Crippen molar-refractivity contribution in [1.82, 2.24) is 14.9 Å². The molecule has 0 unspecified atom stereocenters. The molecule has 1 atom stereocenters. The predicted octanol–water partition coefficient (Wildman–Crippen LogP) is 4.28. The van der Waals surface area contributed by atoms with Crippen LogP contribution in [0.2, 0.25) is 5.02 Å². The number of thioether (sulfide) groups is 1. The molecule has 3 N–H and O–H groups in total. The highest BCUT2D eigenvalue weighted by atomic mass is 35.5. The van der Waals surface area contributed by atoms with Crippen LogP contribution in [0.4, 0.5) is 5.69 Å². The van der Waals surface area contributed by atoms with Gasteiger partial charge in [-0.25, -0.2) is 4.68 Å². The number of nitrogens with zero attached hydrogens (tertiary/aromatic N) is 3. The molecule has 1 saturated carbocycles. The molecule has 8 heteroatoms. The van der Waals surface area contributed by atoms with Gasteiger partial charge in [-0.05, 0) is 43.5 Å². The van der Waals surface area contributed by atoms with E-state index in [9.17, 15) is 4.79 Å². The third kappa shape index (κ3) is 5.62. The largest absolute Gasteiger partial charge is 0.336 e. The summed E-state index contributed by atoms with van der Waals surface area (Å²) >= 11 is 7.17. The van der Waals surface area contributed by atoms with E-state index < -0.39 is 0 Å². The second kappa shape index (κ2) is 9.46. The number of rotatable bonds is 7. The van der Waals surface area contributed by atoms with Crippen LogP contribution in [0.1, 0.15) is 51.3 Å². The van der Waals surface area contributed by atoms with Crippen molar-refractivity contribution in [2.75, 3.05) is 11.2 Å². The van der Waals surface area contributed by atoms with E-state index in [1.165, 1.54) is 48.5 Å². The van der Waals surface area contributed by atoms with E-state index in [0.717, 1.165) is 24.6 Å². The molecule has 1 fully saturated rings. The molecule has 1 aromatic carbocycles. The summed E-state index contributed by atoms with van der Waals surface area (Å²) < 4.78 is 1.53. The first-order valence-corrected chi connectivity index (χ1v) is 10.7. The number of benzene rings is 1. The number of carbonyl (C=O) groups is 1. The fourth-order valence-electron chi connectivity index (χ4n) is 3.36. The number of hydrogen-bond donors (Lipinski definition) is 2. The fourth-order valence-corrected chi connectivity index (χ4v) is 4.27. The Balaban J connectivity index is 1.52. The maximum absolute atomic E-state index is 12.4. The van der Waals surface area contributed by atoms with Gasteiger partial charge >= 0.3 is 0 Å². The van der Waals surface area contributed by atoms with E-state index >= 15 is 0 Å². The molecule has 1 aliphatic carbocycles. The van der Waals surface area contributed by atoms with Crippen molar-refractivity contribution in [3.63, 3.8) is 0 Å². The summed E-state index contributed by atoms with van der Waals surface area (Å²) in [5, 5.41) is 12.1. The van der Waals surface area contributed by atoms with Crippen LogP contribution in [0.5, 0.6) is 0 Å². The van der Waals surface area contributed by atoms with Crippen LogP contribution in [0.3, 0.4) is 0 Å². The monoisotopic (exact) mass is 407 g/mol. The molecule has 1 heterocycles. The van der Waals surface area contributed by atoms with Crippen molar-refractivity contribution >= 4 is 35.0 Å². The Morgan fingerprint density at radius 3 is 2.70 bits per heavy atom. The Morgan fingerprint density at radius 1 is 1.30 bits per heavy atom. The van der Waals surface area contributed by atoms with Gasteiger partial charge in [-0.2, -0.15) is 0 Å². The number of aryl methyl sites for hydroxylation is 1. The first-order valence-electron chi connectivity index (χ1n) is 9.45. The molecule has 3 rings (SSSR count). The first kappa shape index (κ1) is 20.0. The second-order valence-electron chi connectivity index (χ2n) is 7.07. The number of hydrogen-bond acceptors (Lipinski definition) is 5. The molecular weight excluding hydrogens is 382 g/mol. The fraction of sp³-hybridized carbons (Fsp3) is 0.526. The van der Waals surface area contributed by atoms with Gasteiger partial charge in [0.1, 0.15) is 0 Å². The molecule has 1 amide bonds. The molecule has 0 saturated heterocycles. The lowest BCUT2D eigenvalue weighted by molar-refractivity contribution is -0.115. The first-order chi connectivity index (χ1) is 13.0. The molecule has 6 nitrogen and oxygen atoms in total. The van der Waals surface area contributed by atoms with Gasteiger partial charge in [-0.1, -0.05) is 55.5 Å². The second-order valence-corrected chi connectivity index (χ2v) is 8.81. The zero-order chi connectivity index (χ0) is 19.2. The Bertz CT molecular complexity index is 758. The van der Waals surface area contributed by atoms with Crippen molar-refractivity contribution < 1.29 is 4.79 Å². The lowest BCUT2D eigenvalue weighted by Crippen LogP contribution is -2.24. The van der Waals surface area contributed by atoms with Crippen LogP contribution < -0.4 is 11.2 Å². The molecule has 1 aliphatic rings. The number of carbonyl (C=O) groups excluding carboxylic acids is 1. The highest BCUT2D eigenvalue weighted by Gasteiger charge is 2.20. The number of amides is 1. The number of nitrogens with two attached hydrogens (primary N) is 1. The minimum absolute atomic E-state index is 0.117. The summed E-state index contributed by atoms with van der Waals surface area (Å²) in [4.78, 5) is 12.4. The number of anilines is 1. The van der Waals surface area contributed by atoms with Crippen LogP contribution in [0, 0.1) is 5.92 Å². The van der Waals surface area contributed by atoms with Gasteiger partial charge in [0, 0.05) is 17.1 Å². The highest BCUT2D eigenvalue weighted by molar-refractivity contribution is 8.00. The van der Waals surface area contributed by atoms with Crippen molar-refractivity contribution in [3.8, 4) is 0 Å². The van der Waals surface area contributed by atoms with Gasteiger partial charge in [0.2, 0.25) is 11.1 Å². The number of nitrogens with one attached hydrogen (secondary N) is 1. The smallest absolute Gasteiger partial charge is 0.237 e. The number of halogens is 1. The standard InChI is InChI=1S/C19H26ClN5OS/c1-13(18(26)22-16-10-8-15(20)9-11-16)27-19-24-23-17(25(19)21)12-7-14-5-3-2-4-6-14/h8-11,13-14H,2-7,12,21H2,1H3,(H,22,26)/t13-/m0/s1. The third-order valence-electron chi connectivity index (χ3n) is 5.00. The summed E-state index contributed by atoms with van der Waals surface area (Å²) in [6.45, 7) is 1.83. The summed E-state index contributed by atoms with van der Waals surface area (Å²) in [6, 6.07) is 7.02. The molecule has 0 spiro atoms. The van der Waals surface area contributed by atoms with Crippen molar-refractivity contribution in [1.29, 1.82) is 0 Å². The highest BCUT2D eigenvalue weighted by Crippen LogP contribution is 2.28. The average molecular weight is 408 g/mol. The molecule has 0 radical (unpaired) electrons. The predicted molar refractivity (Wildman–Crippen MR) is 110 cm³/mol. The van der Waals surface area contributed by atoms with Gasteiger partial charge in [-0.3, -0.25) is 4.79 Å². The van der Waals surface area contributed by atoms with Crippen LogP contribution in [0.15, 0.2) is 29.4 Å². The number of aromatic nitrogens is 3. The van der Waals surface area contributed by atoms with E-state index in [0.29, 0.717) is 15.9 Å². The average Bonchev–Trinajstić information content (AvgIpc) is 3.02. The van der Waals surface area contributed by atoms with E-state index in [-0.39, 0.29) is 11.2 Å². The van der Waals surface area contributed by atoms with E-state index in [2.05, 4.69) is 15.5 Å². The molecule has 0 aliphatic heterocycles. The molecule has 146 valence electrons. The molecule has 27 heavy (non-hydrogen) atoms. The minimum atomic E-state index is -0.349. The quantitative estimate of drug-likeness (QED) is 0.528. The van der Waals surface area contributed by atoms with Gasteiger partial charge in [-0.15, -0.1) is 10.2 Å². The lowest BCUT2D eigenvalue weighted by Gasteiger charge is -2.20. The van der Waals surface area contributed by atoms with Crippen LogP contribution in [-0.2, 0) is 11.2 Å². The van der Waals surface area contributed by atoms with Gasteiger partial charge < -0.3 is 11.2 Å². The molecule has 1 aromatic heterocycles. The van der Waals surface area contributed by atoms with E-state index in [1.54, 1.807) is 24.3 Å². The molecule has 0 bridgehead atoms. The summed E-state index contributed by atoms with van der Waals surface area (Å²) in [5.41, 5.74) is 0.708. The minimum Gasteiger partial charge on any atom is -0.336 e. The Morgan fingerprint density at radius 2 is 2.00 bits per heavy atom. The number of nitrogen functional groups attached to an aromatic ring is 1. The molecule has 2 aromatic rings. The zero-order valence-corrected chi connectivity index (χ0v) is 17.1. The Kier molecular flexibility index (Phi) is 7.01. The summed E-state index contributed by atoms with van der Waals surface area (Å²) in [5.74, 6) is 7.60. The lowest BCUT2D eigenvalue weighted by atomic mass is 9.86. The van der Waals surface area contributed by atoms with Gasteiger partial charge in [0.15, 0.2) is 5.82 Å². The molecular formula is C19H26ClN5OS. The van der Waals surface area contributed by atoms with Crippen molar-refractivity contribution in [2.45, 2.75) is 62.3 Å². The van der Waals surface area contributed by atoms with Gasteiger partial charge in [0.25, 0.3) is 0 Å². The maximum atomic E-state index is 12.4. The van der Waals surface area contributed by atoms with Crippen LogP contribution in [0.25, 0.3) is 0 Å². The normalized spacial score (nSPS) is 16.2.